The minimum Gasteiger partial charge on any atom is -0.618 e. The van der Waals surface area contributed by atoms with E-state index < -0.39 is 10.8 Å². The zero-order valence-corrected chi connectivity index (χ0v) is 13.2. The molecule has 0 aliphatic heterocycles. The number of Topliss-reactive ketones (excluding diaryl/α,β-unsaturated/α-hetero) is 1. The van der Waals surface area contributed by atoms with Crippen molar-refractivity contribution < 1.29 is 14.4 Å². The Hall–Kier alpha value is -3.48. The zero-order valence-electron chi connectivity index (χ0n) is 13.2. The molecule has 0 aliphatic rings. The van der Waals surface area contributed by atoms with Crippen molar-refractivity contribution in [1.82, 2.24) is 4.98 Å². The number of benzene rings is 1. The molecule has 0 unspecified atom stereocenters. The van der Waals surface area contributed by atoms with Crippen LogP contribution in [0.15, 0.2) is 67.0 Å². The second-order valence-corrected chi connectivity index (χ2v) is 5.53. The third-order valence-corrected chi connectivity index (χ3v) is 4.01. The van der Waals surface area contributed by atoms with Crippen molar-refractivity contribution in [3.05, 3.63) is 99.3 Å². The molecule has 25 heavy (non-hydrogen) atoms. The van der Waals surface area contributed by atoms with Gasteiger partial charge in [0.05, 0.1) is 4.92 Å². The fourth-order valence-corrected chi connectivity index (χ4v) is 2.83. The Bertz CT molecular complexity index is 906. The van der Waals surface area contributed by atoms with Crippen molar-refractivity contribution in [3.63, 3.8) is 0 Å². The Morgan fingerprint density at radius 1 is 1.12 bits per heavy atom. The first-order valence-electron chi connectivity index (χ1n) is 7.66. The van der Waals surface area contributed by atoms with Gasteiger partial charge in [-0.05, 0) is 18.2 Å². The number of nitro groups is 1. The van der Waals surface area contributed by atoms with E-state index in [-0.39, 0.29) is 23.6 Å². The van der Waals surface area contributed by atoms with Gasteiger partial charge in [-0.3, -0.25) is 14.9 Å². The van der Waals surface area contributed by atoms with Gasteiger partial charge in [-0.15, -0.1) is 0 Å². The summed E-state index contributed by atoms with van der Waals surface area (Å²) in [6, 6.07) is 14.4. The van der Waals surface area contributed by atoms with Crippen molar-refractivity contribution >= 4 is 11.5 Å². The molecule has 7 heteroatoms. The molecule has 2 aromatic heterocycles. The molecule has 126 valence electrons. The Labute approximate surface area is 143 Å². The predicted molar refractivity (Wildman–Crippen MR) is 90.1 cm³/mol. The number of H-pyrrole nitrogens is 1. The van der Waals surface area contributed by atoms with Crippen LogP contribution >= 0.6 is 0 Å². The number of ketones is 1. The molecular formula is C18H15N3O4. The number of nitro benzene ring substituents is 1. The number of hydrogen-bond acceptors (Lipinski definition) is 4. The van der Waals surface area contributed by atoms with E-state index in [1.807, 2.05) is 0 Å². The van der Waals surface area contributed by atoms with Gasteiger partial charge in [-0.1, -0.05) is 18.2 Å². The minimum atomic E-state index is -0.552. The number of nitrogens with zero attached hydrogens (tertiary/aromatic N) is 2. The third kappa shape index (κ3) is 3.40. The monoisotopic (exact) mass is 337 g/mol. The van der Waals surface area contributed by atoms with Crippen molar-refractivity contribution in [2.45, 2.75) is 12.3 Å². The van der Waals surface area contributed by atoms with E-state index >= 15 is 0 Å². The van der Waals surface area contributed by atoms with Crippen LogP contribution in [0.3, 0.4) is 0 Å². The van der Waals surface area contributed by atoms with Crippen LogP contribution in [-0.4, -0.2) is 15.7 Å². The summed E-state index contributed by atoms with van der Waals surface area (Å²) >= 11 is 0. The molecule has 0 fully saturated rings. The molecule has 7 nitrogen and oxygen atoms in total. The number of carbonyl (C=O) groups excluding carboxylic acids is 1. The standard InChI is InChI=1S/C18H15N3O4/c22-18(17-9-3-4-11-20(17)23)12-14(15-7-5-10-19-15)13-6-1-2-8-16(13)21(24)25/h1-11,14,19H,12H2/t14-/m1/s1. The van der Waals surface area contributed by atoms with E-state index in [9.17, 15) is 20.1 Å². The smallest absolute Gasteiger partial charge is 0.273 e. The van der Waals surface area contributed by atoms with Crippen LogP contribution in [0.1, 0.15) is 34.1 Å². The third-order valence-electron chi connectivity index (χ3n) is 4.01. The summed E-state index contributed by atoms with van der Waals surface area (Å²) in [5, 5.41) is 23.2. The highest BCUT2D eigenvalue weighted by molar-refractivity contribution is 5.93. The fraction of sp³-hybridized carbons (Fsp3) is 0.111. The van der Waals surface area contributed by atoms with Crippen LogP contribution in [0, 0.1) is 15.3 Å². The van der Waals surface area contributed by atoms with Crippen LogP contribution in [-0.2, 0) is 0 Å². The number of carbonyl (C=O) groups is 1. The summed E-state index contributed by atoms with van der Waals surface area (Å²) in [6.07, 6.45) is 2.89. The van der Waals surface area contributed by atoms with Gasteiger partial charge in [0, 0.05) is 48.0 Å². The highest BCUT2D eigenvalue weighted by Crippen LogP contribution is 2.34. The highest BCUT2D eigenvalue weighted by Gasteiger charge is 2.28. The lowest BCUT2D eigenvalue weighted by molar-refractivity contribution is -0.607. The van der Waals surface area contributed by atoms with E-state index in [4.69, 9.17) is 0 Å². The van der Waals surface area contributed by atoms with Gasteiger partial charge in [0.15, 0.2) is 6.20 Å². The molecule has 1 atom stereocenters. The molecule has 3 aromatic rings. The molecule has 1 N–H and O–H groups in total. The second kappa shape index (κ2) is 6.96. The van der Waals surface area contributed by atoms with E-state index in [1.165, 1.54) is 24.4 Å². The largest absolute Gasteiger partial charge is 0.618 e. The lowest BCUT2D eigenvalue weighted by atomic mass is 9.89. The summed E-state index contributed by atoms with van der Waals surface area (Å²) in [5.41, 5.74) is 1.06. The summed E-state index contributed by atoms with van der Waals surface area (Å²) in [4.78, 5) is 26.5. The predicted octanol–water partition coefficient (Wildman–Crippen LogP) is 2.96. The van der Waals surface area contributed by atoms with Gasteiger partial charge >= 0.3 is 0 Å². The molecule has 3 rings (SSSR count). The maximum atomic E-state index is 12.6. The highest BCUT2D eigenvalue weighted by atomic mass is 16.6. The van der Waals surface area contributed by atoms with Crippen LogP contribution in [0.25, 0.3) is 0 Å². The summed E-state index contributed by atoms with van der Waals surface area (Å²) < 4.78 is 0.507. The Kier molecular flexibility index (Phi) is 4.56. The first-order valence-corrected chi connectivity index (χ1v) is 7.66. The molecule has 0 spiro atoms. The van der Waals surface area contributed by atoms with Gasteiger partial charge in [-0.25, -0.2) is 0 Å². The average molecular weight is 337 g/mol. The van der Waals surface area contributed by atoms with E-state index in [1.54, 1.807) is 42.6 Å². The number of aromatic amines is 1. The number of rotatable bonds is 6. The van der Waals surface area contributed by atoms with Gasteiger partial charge in [-0.2, -0.15) is 4.73 Å². The van der Waals surface area contributed by atoms with Crippen LogP contribution in [0.4, 0.5) is 5.69 Å². The lowest BCUT2D eigenvalue weighted by Gasteiger charge is -2.15. The fourth-order valence-electron chi connectivity index (χ4n) is 2.83. The molecular weight excluding hydrogens is 322 g/mol. The SMILES string of the molecule is O=C(C[C@@H](c1ccc[nH]1)c1ccccc1[N+](=O)[O-])c1cccc[n+]1[O-]. The normalized spacial score (nSPS) is 11.8. The Morgan fingerprint density at radius 2 is 1.88 bits per heavy atom. The molecule has 0 bridgehead atoms. The van der Waals surface area contributed by atoms with Gasteiger partial charge < -0.3 is 10.2 Å². The van der Waals surface area contributed by atoms with E-state index in [0.29, 0.717) is 16.0 Å². The van der Waals surface area contributed by atoms with Crippen LogP contribution < -0.4 is 4.73 Å². The molecule has 0 saturated heterocycles. The van der Waals surface area contributed by atoms with Gasteiger partial charge in [0.1, 0.15) is 0 Å². The first-order chi connectivity index (χ1) is 12.1. The number of para-hydroxylation sites is 1. The number of pyridine rings is 1. The second-order valence-electron chi connectivity index (χ2n) is 5.53. The molecule has 0 radical (unpaired) electrons. The van der Waals surface area contributed by atoms with E-state index in [0.717, 1.165) is 0 Å². The van der Waals surface area contributed by atoms with Gasteiger partial charge in [0.25, 0.3) is 11.4 Å². The summed E-state index contributed by atoms with van der Waals surface area (Å²) in [6.45, 7) is 0. The van der Waals surface area contributed by atoms with Crippen molar-refractivity contribution in [2.75, 3.05) is 0 Å². The molecule has 0 amide bonds. The van der Waals surface area contributed by atoms with Crippen molar-refractivity contribution in [3.8, 4) is 0 Å². The average Bonchev–Trinajstić information content (AvgIpc) is 3.14. The first kappa shape index (κ1) is 16.4. The van der Waals surface area contributed by atoms with Crippen molar-refractivity contribution in [1.29, 1.82) is 0 Å². The maximum Gasteiger partial charge on any atom is 0.273 e. The molecule has 1 aromatic carbocycles. The minimum absolute atomic E-state index is 0.0117. The lowest BCUT2D eigenvalue weighted by Crippen LogP contribution is -2.34. The summed E-state index contributed by atoms with van der Waals surface area (Å²) in [7, 11) is 0. The zero-order chi connectivity index (χ0) is 17.8. The van der Waals surface area contributed by atoms with E-state index in [2.05, 4.69) is 4.98 Å². The van der Waals surface area contributed by atoms with Crippen LogP contribution in [0.2, 0.25) is 0 Å². The topological polar surface area (TPSA) is 103 Å². The Balaban J connectivity index is 2.02. The Morgan fingerprint density at radius 3 is 2.56 bits per heavy atom. The van der Waals surface area contributed by atoms with Crippen molar-refractivity contribution in [2.24, 2.45) is 0 Å². The number of nitrogens with one attached hydrogen (secondary N) is 1. The summed E-state index contributed by atoms with van der Waals surface area (Å²) in [5.74, 6) is -0.933. The molecule has 2 heterocycles. The number of aromatic nitrogens is 2. The molecule has 0 aliphatic carbocycles. The quantitative estimate of drug-likeness (QED) is 0.245. The van der Waals surface area contributed by atoms with Gasteiger partial charge in [0.2, 0.25) is 5.78 Å². The number of hydrogen-bond donors (Lipinski definition) is 1. The molecule has 0 saturated carbocycles. The van der Waals surface area contributed by atoms with Crippen LogP contribution in [0.5, 0.6) is 0 Å². The maximum absolute atomic E-state index is 12.6.